The first kappa shape index (κ1) is 12.2. The van der Waals surface area contributed by atoms with Crippen LogP contribution >= 0.6 is 0 Å². The van der Waals surface area contributed by atoms with Crippen molar-refractivity contribution < 1.29 is 8.78 Å². The molecule has 0 unspecified atom stereocenters. The molecule has 7 heteroatoms. The number of benzene rings is 1. The molecule has 0 amide bonds. The molecule has 3 N–H and O–H groups in total. The average molecular weight is 251 g/mol. The highest BCUT2D eigenvalue weighted by molar-refractivity contribution is 5.60. The van der Waals surface area contributed by atoms with E-state index in [2.05, 4.69) is 15.4 Å². The largest absolute Gasteiger partial charge is 0.327 e. The number of nitrogen functional groups attached to an aromatic ring is 1. The van der Waals surface area contributed by atoms with E-state index >= 15 is 0 Å². The van der Waals surface area contributed by atoms with Gasteiger partial charge in [0, 0.05) is 12.7 Å². The zero-order valence-electron chi connectivity index (χ0n) is 9.56. The Balaban J connectivity index is 2.41. The molecule has 1 aromatic heterocycles. The first-order chi connectivity index (χ1) is 8.61. The maximum atomic E-state index is 13.6. The van der Waals surface area contributed by atoms with E-state index in [4.69, 9.17) is 5.84 Å². The Hall–Kier alpha value is -2.28. The Morgan fingerprint density at radius 2 is 2.11 bits per heavy atom. The summed E-state index contributed by atoms with van der Waals surface area (Å²) in [7, 11) is 1.57. The number of anilines is 3. The summed E-state index contributed by atoms with van der Waals surface area (Å²) in [5.74, 6) is 4.20. The summed E-state index contributed by atoms with van der Waals surface area (Å²) in [4.78, 5) is 8.91. The van der Waals surface area contributed by atoms with Crippen molar-refractivity contribution in [3.8, 4) is 0 Å². The van der Waals surface area contributed by atoms with Crippen molar-refractivity contribution in [3.63, 3.8) is 0 Å². The molecular weight excluding hydrogens is 240 g/mol. The van der Waals surface area contributed by atoms with E-state index in [1.54, 1.807) is 13.1 Å². The van der Waals surface area contributed by atoms with Gasteiger partial charge in [-0.1, -0.05) is 6.07 Å². The number of nitrogens with zero attached hydrogens (tertiary/aromatic N) is 3. The van der Waals surface area contributed by atoms with E-state index in [9.17, 15) is 8.78 Å². The summed E-state index contributed by atoms with van der Waals surface area (Å²) in [5.41, 5.74) is 2.69. The molecular formula is C11H11F2N5. The van der Waals surface area contributed by atoms with Gasteiger partial charge in [0.2, 0.25) is 5.95 Å². The lowest BCUT2D eigenvalue weighted by Gasteiger charge is -2.19. The zero-order chi connectivity index (χ0) is 13.1. The maximum absolute atomic E-state index is 13.6. The Kier molecular flexibility index (Phi) is 3.33. The monoisotopic (exact) mass is 251 g/mol. The highest BCUT2D eigenvalue weighted by atomic mass is 19.1. The van der Waals surface area contributed by atoms with Crippen LogP contribution in [0.25, 0.3) is 0 Å². The molecule has 0 saturated heterocycles. The van der Waals surface area contributed by atoms with Crippen molar-refractivity contribution in [1.82, 2.24) is 9.97 Å². The molecule has 0 aliphatic carbocycles. The molecule has 0 fully saturated rings. The normalized spacial score (nSPS) is 10.2. The summed E-state index contributed by atoms with van der Waals surface area (Å²) in [6, 6.07) is 5.75. The predicted octanol–water partition coefficient (Wildman–Crippen LogP) is 1.81. The van der Waals surface area contributed by atoms with Crippen LogP contribution in [0.5, 0.6) is 0 Å². The molecule has 0 spiro atoms. The van der Waals surface area contributed by atoms with E-state index < -0.39 is 11.6 Å². The third-order valence-corrected chi connectivity index (χ3v) is 2.37. The summed E-state index contributed by atoms with van der Waals surface area (Å²) >= 11 is 0. The molecule has 0 atom stereocenters. The fourth-order valence-corrected chi connectivity index (χ4v) is 1.47. The summed E-state index contributed by atoms with van der Waals surface area (Å²) in [6.07, 6.45) is 0.993. The van der Waals surface area contributed by atoms with E-state index in [-0.39, 0.29) is 11.8 Å². The van der Waals surface area contributed by atoms with Crippen LogP contribution in [0.15, 0.2) is 30.5 Å². The van der Waals surface area contributed by atoms with Crippen molar-refractivity contribution in [2.75, 3.05) is 17.4 Å². The first-order valence-corrected chi connectivity index (χ1v) is 5.10. The van der Waals surface area contributed by atoms with Gasteiger partial charge in [-0.05, 0) is 18.2 Å². The van der Waals surface area contributed by atoms with Crippen LogP contribution in [0.1, 0.15) is 0 Å². The van der Waals surface area contributed by atoms with Crippen LogP contribution in [-0.4, -0.2) is 17.0 Å². The Morgan fingerprint density at radius 1 is 1.33 bits per heavy atom. The van der Waals surface area contributed by atoms with E-state index in [0.717, 1.165) is 6.20 Å². The van der Waals surface area contributed by atoms with Crippen LogP contribution in [-0.2, 0) is 0 Å². The lowest BCUT2D eigenvalue weighted by molar-refractivity contribution is 0.612. The third kappa shape index (κ3) is 2.35. The van der Waals surface area contributed by atoms with Crippen molar-refractivity contribution >= 4 is 17.5 Å². The van der Waals surface area contributed by atoms with Crippen LogP contribution in [0.4, 0.5) is 26.2 Å². The van der Waals surface area contributed by atoms with Gasteiger partial charge < -0.3 is 4.90 Å². The highest BCUT2D eigenvalue weighted by Crippen LogP contribution is 2.24. The van der Waals surface area contributed by atoms with Gasteiger partial charge in [-0.25, -0.2) is 19.6 Å². The lowest BCUT2D eigenvalue weighted by Crippen LogP contribution is -2.17. The molecule has 5 nitrogen and oxygen atoms in total. The van der Waals surface area contributed by atoms with Crippen LogP contribution < -0.4 is 16.2 Å². The summed E-state index contributed by atoms with van der Waals surface area (Å²) in [6.45, 7) is 0. The van der Waals surface area contributed by atoms with Gasteiger partial charge in [0.1, 0.15) is 5.82 Å². The molecule has 0 saturated carbocycles. The second-order valence-corrected chi connectivity index (χ2v) is 3.55. The van der Waals surface area contributed by atoms with Crippen LogP contribution in [0.3, 0.4) is 0 Å². The molecule has 0 radical (unpaired) electrons. The Bertz CT molecular complexity index is 561. The van der Waals surface area contributed by atoms with Crippen molar-refractivity contribution in [1.29, 1.82) is 0 Å². The highest BCUT2D eigenvalue weighted by Gasteiger charge is 2.13. The van der Waals surface area contributed by atoms with Gasteiger partial charge >= 0.3 is 0 Å². The second kappa shape index (κ2) is 4.92. The minimum Gasteiger partial charge on any atom is -0.327 e. The van der Waals surface area contributed by atoms with E-state index in [1.165, 1.54) is 23.1 Å². The van der Waals surface area contributed by atoms with Crippen LogP contribution in [0, 0.1) is 11.6 Å². The smallest absolute Gasteiger partial charge is 0.239 e. The molecule has 1 aromatic carbocycles. The Labute approximate surface area is 102 Å². The predicted molar refractivity (Wildman–Crippen MR) is 64.3 cm³/mol. The van der Waals surface area contributed by atoms with Gasteiger partial charge in [0.25, 0.3) is 0 Å². The number of hydrogen-bond donors (Lipinski definition) is 2. The van der Waals surface area contributed by atoms with E-state index in [1.807, 2.05) is 0 Å². The fourth-order valence-electron chi connectivity index (χ4n) is 1.47. The minimum absolute atomic E-state index is 0.00329. The molecule has 1 heterocycles. The summed E-state index contributed by atoms with van der Waals surface area (Å²) in [5, 5.41) is 0. The third-order valence-electron chi connectivity index (χ3n) is 2.37. The van der Waals surface area contributed by atoms with Crippen molar-refractivity contribution in [3.05, 3.63) is 42.1 Å². The van der Waals surface area contributed by atoms with Crippen molar-refractivity contribution in [2.45, 2.75) is 0 Å². The molecule has 0 bridgehead atoms. The number of nitrogens with two attached hydrogens (primary N) is 1. The molecule has 2 rings (SSSR count). The molecule has 94 valence electrons. The van der Waals surface area contributed by atoms with Gasteiger partial charge in [0.05, 0.1) is 6.20 Å². The molecule has 0 aliphatic heterocycles. The maximum Gasteiger partial charge on any atom is 0.239 e. The zero-order valence-corrected chi connectivity index (χ0v) is 9.56. The average Bonchev–Trinajstić information content (AvgIpc) is 2.38. The number of nitrogens with one attached hydrogen (secondary N) is 1. The van der Waals surface area contributed by atoms with Gasteiger partial charge in [0.15, 0.2) is 11.6 Å². The quantitative estimate of drug-likeness (QED) is 0.643. The number of aromatic nitrogens is 2. The summed E-state index contributed by atoms with van der Waals surface area (Å²) < 4.78 is 26.7. The topological polar surface area (TPSA) is 67.1 Å². The SMILES string of the molecule is CN(c1cccc(F)c1)c1nc(NN)ncc1F. The number of hydrazine groups is 1. The van der Waals surface area contributed by atoms with Gasteiger partial charge in [-0.3, -0.25) is 5.43 Å². The molecule has 18 heavy (non-hydrogen) atoms. The molecule has 0 aliphatic rings. The van der Waals surface area contributed by atoms with Gasteiger partial charge in [-0.2, -0.15) is 4.98 Å². The van der Waals surface area contributed by atoms with Crippen LogP contribution in [0.2, 0.25) is 0 Å². The van der Waals surface area contributed by atoms with Crippen molar-refractivity contribution in [2.24, 2.45) is 5.84 Å². The fraction of sp³-hybridized carbons (Fsp3) is 0.0909. The minimum atomic E-state index is -0.624. The number of hydrogen-bond acceptors (Lipinski definition) is 5. The lowest BCUT2D eigenvalue weighted by atomic mass is 10.3. The second-order valence-electron chi connectivity index (χ2n) is 3.55. The van der Waals surface area contributed by atoms with E-state index in [0.29, 0.717) is 5.69 Å². The number of halogens is 2. The number of rotatable bonds is 3. The standard InChI is InChI=1S/C11H11F2N5/c1-18(8-4-2-3-7(12)5-8)10-9(13)6-15-11(16-10)17-14/h2-6H,14H2,1H3,(H,15,16,17). The van der Waals surface area contributed by atoms with Gasteiger partial charge in [-0.15, -0.1) is 0 Å². The molecule has 2 aromatic rings. The Morgan fingerprint density at radius 3 is 2.78 bits per heavy atom. The first-order valence-electron chi connectivity index (χ1n) is 5.10.